The van der Waals surface area contributed by atoms with Gasteiger partial charge < -0.3 is 19.3 Å². The maximum atomic E-state index is 10.6. The zero-order chi connectivity index (χ0) is 17.4. The minimum Gasteiger partial charge on any atom is -0.493 e. The Morgan fingerprint density at radius 1 is 1.04 bits per heavy atom. The Kier molecular flexibility index (Phi) is 6.25. The molecular weight excluding hydrogens is 308 g/mol. The van der Waals surface area contributed by atoms with Crippen LogP contribution in [0.1, 0.15) is 11.1 Å². The largest absolute Gasteiger partial charge is 0.493 e. The molecule has 0 saturated heterocycles. The maximum Gasteiger partial charge on any atom is 0.328 e. The number of benzene rings is 2. The van der Waals surface area contributed by atoms with Gasteiger partial charge in [0, 0.05) is 6.08 Å². The molecule has 0 aliphatic carbocycles. The molecule has 0 saturated carbocycles. The molecule has 2 rings (SSSR count). The minimum absolute atomic E-state index is 0.344. The Hall–Kier alpha value is -2.95. The van der Waals surface area contributed by atoms with Crippen LogP contribution in [0.25, 0.3) is 6.08 Å². The van der Waals surface area contributed by atoms with Gasteiger partial charge in [-0.2, -0.15) is 0 Å². The van der Waals surface area contributed by atoms with E-state index in [1.165, 1.54) is 11.6 Å². The standard InChI is InChI=1S/C19H20O5/c1-14-3-7-16(8-4-14)23-11-12-24-18-13-15(6-10-19(20)21)5-9-17(18)22-2/h3-10,13H,11-12H2,1-2H3,(H,20,21). The third kappa shape index (κ3) is 5.35. The first-order valence-corrected chi connectivity index (χ1v) is 7.50. The van der Waals surface area contributed by atoms with E-state index >= 15 is 0 Å². The van der Waals surface area contributed by atoms with Gasteiger partial charge in [-0.1, -0.05) is 23.8 Å². The van der Waals surface area contributed by atoms with Crippen molar-refractivity contribution in [3.63, 3.8) is 0 Å². The first kappa shape index (κ1) is 17.4. The molecule has 2 aromatic carbocycles. The second-order valence-corrected chi connectivity index (χ2v) is 5.09. The molecule has 0 fully saturated rings. The first-order chi connectivity index (χ1) is 11.6. The van der Waals surface area contributed by atoms with Gasteiger partial charge in [0.2, 0.25) is 0 Å². The van der Waals surface area contributed by atoms with Crippen LogP contribution >= 0.6 is 0 Å². The normalized spacial score (nSPS) is 10.6. The highest BCUT2D eigenvalue weighted by molar-refractivity contribution is 5.85. The smallest absolute Gasteiger partial charge is 0.328 e. The van der Waals surface area contributed by atoms with Gasteiger partial charge in [0.1, 0.15) is 19.0 Å². The highest BCUT2D eigenvalue weighted by Crippen LogP contribution is 2.28. The Bertz CT molecular complexity index is 704. The van der Waals surface area contributed by atoms with Crippen LogP contribution in [0.5, 0.6) is 17.2 Å². The van der Waals surface area contributed by atoms with Crippen LogP contribution in [-0.4, -0.2) is 31.4 Å². The predicted octanol–water partition coefficient (Wildman–Crippen LogP) is 3.56. The minimum atomic E-state index is -1.00. The van der Waals surface area contributed by atoms with Crippen molar-refractivity contribution >= 4 is 12.0 Å². The van der Waals surface area contributed by atoms with E-state index in [9.17, 15) is 4.79 Å². The summed E-state index contributed by atoms with van der Waals surface area (Å²) in [4.78, 5) is 10.6. The van der Waals surface area contributed by atoms with Crippen LogP contribution in [0.3, 0.4) is 0 Å². The molecule has 2 aromatic rings. The third-order valence-corrected chi connectivity index (χ3v) is 3.24. The zero-order valence-corrected chi connectivity index (χ0v) is 13.7. The van der Waals surface area contributed by atoms with Gasteiger partial charge in [-0.25, -0.2) is 4.79 Å². The van der Waals surface area contributed by atoms with Gasteiger partial charge in [-0.3, -0.25) is 0 Å². The fourth-order valence-electron chi connectivity index (χ4n) is 2.02. The number of aryl methyl sites for hydroxylation is 1. The number of carboxylic acids is 1. The second-order valence-electron chi connectivity index (χ2n) is 5.09. The Balaban J connectivity index is 1.93. The van der Waals surface area contributed by atoms with Gasteiger partial charge in [0.05, 0.1) is 7.11 Å². The molecule has 0 spiro atoms. The summed E-state index contributed by atoms with van der Waals surface area (Å²) in [6.45, 7) is 2.75. The van der Waals surface area contributed by atoms with Crippen molar-refractivity contribution in [1.82, 2.24) is 0 Å². The van der Waals surface area contributed by atoms with E-state index in [0.717, 1.165) is 11.8 Å². The van der Waals surface area contributed by atoms with Gasteiger partial charge in [0.25, 0.3) is 0 Å². The summed E-state index contributed by atoms with van der Waals surface area (Å²) < 4.78 is 16.5. The Labute approximate surface area is 141 Å². The van der Waals surface area contributed by atoms with Crippen molar-refractivity contribution < 1.29 is 24.1 Å². The van der Waals surface area contributed by atoms with E-state index in [-0.39, 0.29) is 0 Å². The molecule has 0 atom stereocenters. The highest BCUT2D eigenvalue weighted by atomic mass is 16.5. The molecular formula is C19H20O5. The summed E-state index contributed by atoms with van der Waals surface area (Å²) in [5.41, 5.74) is 1.89. The lowest BCUT2D eigenvalue weighted by molar-refractivity contribution is -0.131. The van der Waals surface area contributed by atoms with Crippen LogP contribution in [0, 0.1) is 6.92 Å². The van der Waals surface area contributed by atoms with Crippen molar-refractivity contribution in [2.75, 3.05) is 20.3 Å². The van der Waals surface area contributed by atoms with Gasteiger partial charge in [-0.05, 0) is 42.8 Å². The molecule has 5 nitrogen and oxygen atoms in total. The quantitative estimate of drug-likeness (QED) is 0.593. The van der Waals surface area contributed by atoms with Gasteiger partial charge in [-0.15, -0.1) is 0 Å². The second kappa shape index (κ2) is 8.62. The van der Waals surface area contributed by atoms with Crippen molar-refractivity contribution in [3.8, 4) is 17.2 Å². The first-order valence-electron chi connectivity index (χ1n) is 7.50. The molecule has 0 aliphatic heterocycles. The van der Waals surface area contributed by atoms with Gasteiger partial charge >= 0.3 is 5.97 Å². The van der Waals surface area contributed by atoms with Crippen LogP contribution in [0.4, 0.5) is 0 Å². The number of carboxylic acid groups (broad SMARTS) is 1. The summed E-state index contributed by atoms with van der Waals surface area (Å²) in [7, 11) is 1.55. The number of hydrogen-bond acceptors (Lipinski definition) is 4. The van der Waals surface area contributed by atoms with Crippen LogP contribution in [0.2, 0.25) is 0 Å². The van der Waals surface area contributed by atoms with Crippen LogP contribution in [-0.2, 0) is 4.79 Å². The lowest BCUT2D eigenvalue weighted by atomic mass is 10.2. The van der Waals surface area contributed by atoms with E-state index in [2.05, 4.69) is 0 Å². The number of ether oxygens (including phenoxy) is 3. The third-order valence-electron chi connectivity index (χ3n) is 3.24. The number of carbonyl (C=O) groups is 1. The van der Waals surface area contributed by atoms with E-state index in [1.54, 1.807) is 25.3 Å². The summed E-state index contributed by atoms with van der Waals surface area (Å²) in [6.07, 6.45) is 2.57. The molecule has 0 aliphatic rings. The summed E-state index contributed by atoms with van der Waals surface area (Å²) >= 11 is 0. The maximum absolute atomic E-state index is 10.6. The van der Waals surface area contributed by atoms with Gasteiger partial charge in [0.15, 0.2) is 11.5 Å². The molecule has 0 heterocycles. The summed E-state index contributed by atoms with van der Waals surface area (Å²) in [6, 6.07) is 13.0. The monoisotopic (exact) mass is 328 g/mol. The van der Waals surface area contributed by atoms with Crippen molar-refractivity contribution in [2.24, 2.45) is 0 Å². The lowest BCUT2D eigenvalue weighted by Gasteiger charge is -2.12. The fraction of sp³-hybridized carbons (Fsp3) is 0.211. The zero-order valence-electron chi connectivity index (χ0n) is 13.7. The molecule has 5 heteroatoms. The highest BCUT2D eigenvalue weighted by Gasteiger charge is 2.05. The van der Waals surface area contributed by atoms with Crippen molar-refractivity contribution in [3.05, 3.63) is 59.7 Å². The van der Waals surface area contributed by atoms with Crippen molar-refractivity contribution in [1.29, 1.82) is 0 Å². The molecule has 0 amide bonds. The average molecular weight is 328 g/mol. The molecule has 0 unspecified atom stereocenters. The topological polar surface area (TPSA) is 65.0 Å². The average Bonchev–Trinajstić information content (AvgIpc) is 2.58. The number of hydrogen-bond donors (Lipinski definition) is 1. The Morgan fingerprint density at radius 3 is 2.42 bits per heavy atom. The molecule has 1 N–H and O–H groups in total. The molecule has 126 valence electrons. The SMILES string of the molecule is COc1ccc(C=CC(=O)O)cc1OCCOc1ccc(C)cc1. The van der Waals surface area contributed by atoms with E-state index in [0.29, 0.717) is 30.3 Å². The van der Waals surface area contributed by atoms with E-state index in [4.69, 9.17) is 19.3 Å². The summed E-state index contributed by atoms with van der Waals surface area (Å²) in [5, 5.41) is 8.68. The van der Waals surface area contributed by atoms with Crippen LogP contribution < -0.4 is 14.2 Å². The molecule has 24 heavy (non-hydrogen) atoms. The number of aliphatic carboxylic acids is 1. The predicted molar refractivity (Wildman–Crippen MR) is 91.8 cm³/mol. The lowest BCUT2D eigenvalue weighted by Crippen LogP contribution is -2.09. The molecule has 0 radical (unpaired) electrons. The molecule has 0 bridgehead atoms. The summed E-state index contributed by atoms with van der Waals surface area (Å²) in [5.74, 6) is 0.907. The number of rotatable bonds is 8. The van der Waals surface area contributed by atoms with E-state index < -0.39 is 5.97 Å². The van der Waals surface area contributed by atoms with Crippen LogP contribution in [0.15, 0.2) is 48.5 Å². The van der Waals surface area contributed by atoms with E-state index in [1.807, 2.05) is 31.2 Å². The Morgan fingerprint density at radius 2 is 1.75 bits per heavy atom. The number of methoxy groups -OCH3 is 1. The van der Waals surface area contributed by atoms with Crippen molar-refractivity contribution in [2.45, 2.75) is 6.92 Å². The fourth-order valence-corrected chi connectivity index (χ4v) is 2.02. The molecule has 0 aromatic heterocycles.